The predicted octanol–water partition coefficient (Wildman–Crippen LogP) is 2.06. The summed E-state index contributed by atoms with van der Waals surface area (Å²) in [6.07, 6.45) is 3.52. The third-order valence-electron chi connectivity index (χ3n) is 2.75. The SMILES string of the molecule is CNCCCCN(C)CCc1ccc(C)o1. The minimum atomic E-state index is 1.01. The van der Waals surface area contributed by atoms with Gasteiger partial charge in [-0.15, -0.1) is 0 Å². The Hall–Kier alpha value is -0.800. The van der Waals surface area contributed by atoms with Gasteiger partial charge < -0.3 is 14.6 Å². The lowest BCUT2D eigenvalue weighted by atomic mass is 10.2. The average molecular weight is 224 g/mol. The van der Waals surface area contributed by atoms with Crippen LogP contribution >= 0.6 is 0 Å². The van der Waals surface area contributed by atoms with Crippen molar-refractivity contribution in [2.24, 2.45) is 0 Å². The Morgan fingerprint density at radius 2 is 2.06 bits per heavy atom. The molecule has 92 valence electrons. The molecule has 16 heavy (non-hydrogen) atoms. The average Bonchev–Trinajstić information content (AvgIpc) is 2.68. The van der Waals surface area contributed by atoms with Crippen LogP contribution in [0, 0.1) is 6.92 Å². The Kier molecular flexibility index (Phi) is 6.19. The van der Waals surface area contributed by atoms with Crippen LogP contribution in [0.15, 0.2) is 16.5 Å². The minimum Gasteiger partial charge on any atom is -0.466 e. The second-order valence-electron chi connectivity index (χ2n) is 4.38. The first kappa shape index (κ1) is 13.3. The molecule has 0 saturated carbocycles. The summed E-state index contributed by atoms with van der Waals surface area (Å²) in [7, 11) is 4.18. The van der Waals surface area contributed by atoms with E-state index in [1.807, 2.05) is 20.0 Å². The molecule has 0 unspecified atom stereocenters. The van der Waals surface area contributed by atoms with E-state index < -0.39 is 0 Å². The summed E-state index contributed by atoms with van der Waals surface area (Å²) in [4.78, 5) is 2.37. The first-order chi connectivity index (χ1) is 7.72. The summed E-state index contributed by atoms with van der Waals surface area (Å²) in [6.45, 7) is 5.35. The maximum absolute atomic E-state index is 5.54. The van der Waals surface area contributed by atoms with Gasteiger partial charge in [0, 0.05) is 13.0 Å². The number of nitrogens with zero attached hydrogens (tertiary/aromatic N) is 1. The quantitative estimate of drug-likeness (QED) is 0.685. The van der Waals surface area contributed by atoms with Gasteiger partial charge in [-0.3, -0.25) is 0 Å². The molecule has 1 heterocycles. The van der Waals surface area contributed by atoms with Crippen LogP contribution in [0.2, 0.25) is 0 Å². The Morgan fingerprint density at radius 3 is 2.69 bits per heavy atom. The third kappa shape index (κ3) is 5.33. The standard InChI is InChI=1S/C13H24N2O/c1-12-6-7-13(16-12)8-11-15(3)10-5-4-9-14-2/h6-7,14H,4-5,8-11H2,1-3H3. The fraction of sp³-hybridized carbons (Fsp3) is 0.692. The summed E-state index contributed by atoms with van der Waals surface area (Å²) in [6, 6.07) is 4.10. The first-order valence-corrected chi connectivity index (χ1v) is 6.11. The molecule has 0 aliphatic rings. The van der Waals surface area contributed by atoms with Crippen molar-refractivity contribution in [2.45, 2.75) is 26.2 Å². The predicted molar refractivity (Wildman–Crippen MR) is 67.8 cm³/mol. The van der Waals surface area contributed by atoms with E-state index in [1.165, 1.54) is 19.4 Å². The van der Waals surface area contributed by atoms with Crippen molar-refractivity contribution in [2.75, 3.05) is 33.7 Å². The Morgan fingerprint density at radius 1 is 1.25 bits per heavy atom. The third-order valence-corrected chi connectivity index (χ3v) is 2.75. The highest BCUT2D eigenvalue weighted by atomic mass is 16.3. The molecular weight excluding hydrogens is 200 g/mol. The number of aryl methyl sites for hydroxylation is 1. The molecule has 0 amide bonds. The second-order valence-corrected chi connectivity index (χ2v) is 4.38. The Balaban J connectivity index is 2.08. The zero-order chi connectivity index (χ0) is 11.8. The lowest BCUT2D eigenvalue weighted by Crippen LogP contribution is -2.23. The Labute approximate surface area is 98.8 Å². The van der Waals surface area contributed by atoms with Gasteiger partial charge in [0.25, 0.3) is 0 Å². The first-order valence-electron chi connectivity index (χ1n) is 6.11. The van der Waals surface area contributed by atoms with Gasteiger partial charge in [0.1, 0.15) is 11.5 Å². The van der Waals surface area contributed by atoms with E-state index in [0.717, 1.165) is 31.0 Å². The molecule has 0 radical (unpaired) electrons. The van der Waals surface area contributed by atoms with Crippen LogP contribution in [0.5, 0.6) is 0 Å². The van der Waals surface area contributed by atoms with Crippen LogP contribution in [0.3, 0.4) is 0 Å². The summed E-state index contributed by atoms with van der Waals surface area (Å²) < 4.78 is 5.54. The van der Waals surface area contributed by atoms with Gasteiger partial charge in [-0.25, -0.2) is 0 Å². The van der Waals surface area contributed by atoms with Crippen LogP contribution < -0.4 is 5.32 Å². The zero-order valence-electron chi connectivity index (χ0n) is 10.8. The van der Waals surface area contributed by atoms with Gasteiger partial charge in [0.2, 0.25) is 0 Å². The monoisotopic (exact) mass is 224 g/mol. The fourth-order valence-corrected chi connectivity index (χ4v) is 1.72. The molecule has 0 aliphatic heterocycles. The molecule has 0 fully saturated rings. The van der Waals surface area contributed by atoms with E-state index in [0.29, 0.717) is 0 Å². The minimum absolute atomic E-state index is 1.01. The topological polar surface area (TPSA) is 28.4 Å². The van der Waals surface area contributed by atoms with Crippen molar-refractivity contribution in [1.29, 1.82) is 0 Å². The molecule has 0 aromatic carbocycles. The van der Waals surface area contributed by atoms with Crippen molar-refractivity contribution in [3.05, 3.63) is 23.7 Å². The summed E-state index contributed by atoms with van der Waals surface area (Å²) in [5.74, 6) is 2.10. The highest BCUT2D eigenvalue weighted by Gasteiger charge is 2.02. The molecular formula is C13H24N2O. The van der Waals surface area contributed by atoms with Crippen molar-refractivity contribution >= 4 is 0 Å². The number of hydrogen-bond donors (Lipinski definition) is 1. The molecule has 1 aromatic rings. The number of hydrogen-bond acceptors (Lipinski definition) is 3. The van der Waals surface area contributed by atoms with Crippen molar-refractivity contribution in [1.82, 2.24) is 10.2 Å². The van der Waals surface area contributed by atoms with Crippen LogP contribution in [0.4, 0.5) is 0 Å². The highest BCUT2D eigenvalue weighted by molar-refractivity contribution is 5.05. The van der Waals surface area contributed by atoms with Gasteiger partial charge in [0.15, 0.2) is 0 Å². The summed E-state index contributed by atoms with van der Waals surface area (Å²) >= 11 is 0. The second kappa shape index (κ2) is 7.47. The van der Waals surface area contributed by atoms with Crippen LogP contribution in [0.1, 0.15) is 24.4 Å². The smallest absolute Gasteiger partial charge is 0.105 e. The van der Waals surface area contributed by atoms with E-state index in [-0.39, 0.29) is 0 Å². The van der Waals surface area contributed by atoms with E-state index >= 15 is 0 Å². The van der Waals surface area contributed by atoms with Gasteiger partial charge in [0.05, 0.1) is 0 Å². The van der Waals surface area contributed by atoms with Crippen molar-refractivity contribution in [3.63, 3.8) is 0 Å². The molecule has 0 atom stereocenters. The number of furan rings is 1. The van der Waals surface area contributed by atoms with Crippen LogP contribution in [-0.2, 0) is 6.42 Å². The molecule has 3 heteroatoms. The molecule has 0 saturated heterocycles. The van der Waals surface area contributed by atoms with Crippen molar-refractivity contribution in [3.8, 4) is 0 Å². The zero-order valence-corrected chi connectivity index (χ0v) is 10.8. The van der Waals surface area contributed by atoms with Gasteiger partial charge in [-0.1, -0.05) is 0 Å². The molecule has 0 spiro atoms. The van der Waals surface area contributed by atoms with E-state index in [4.69, 9.17) is 4.42 Å². The van der Waals surface area contributed by atoms with Crippen LogP contribution in [-0.4, -0.2) is 38.6 Å². The molecule has 1 rings (SSSR count). The largest absolute Gasteiger partial charge is 0.466 e. The van der Waals surface area contributed by atoms with Gasteiger partial charge in [-0.05, 0) is 59.1 Å². The summed E-state index contributed by atoms with van der Waals surface area (Å²) in [5, 5.41) is 3.17. The van der Waals surface area contributed by atoms with Gasteiger partial charge in [-0.2, -0.15) is 0 Å². The number of rotatable bonds is 8. The lowest BCUT2D eigenvalue weighted by Gasteiger charge is -2.15. The number of likely N-dealkylation sites (N-methyl/N-ethyl adjacent to an activating group) is 1. The van der Waals surface area contributed by atoms with E-state index in [1.54, 1.807) is 0 Å². The van der Waals surface area contributed by atoms with Gasteiger partial charge >= 0.3 is 0 Å². The maximum Gasteiger partial charge on any atom is 0.105 e. The molecule has 0 aliphatic carbocycles. The van der Waals surface area contributed by atoms with Crippen molar-refractivity contribution < 1.29 is 4.42 Å². The fourth-order valence-electron chi connectivity index (χ4n) is 1.72. The number of nitrogens with one attached hydrogen (secondary N) is 1. The van der Waals surface area contributed by atoms with E-state index in [2.05, 4.69) is 23.3 Å². The van der Waals surface area contributed by atoms with Crippen LogP contribution in [0.25, 0.3) is 0 Å². The molecule has 1 aromatic heterocycles. The lowest BCUT2D eigenvalue weighted by molar-refractivity contribution is 0.318. The van der Waals surface area contributed by atoms with E-state index in [9.17, 15) is 0 Å². The summed E-state index contributed by atoms with van der Waals surface area (Å²) in [5.41, 5.74) is 0. The molecule has 1 N–H and O–H groups in total. The maximum atomic E-state index is 5.54. The molecule has 0 bridgehead atoms. The molecule has 3 nitrogen and oxygen atoms in total. The number of unbranched alkanes of at least 4 members (excludes halogenated alkanes) is 1. The normalized spacial score (nSPS) is 11.2. The Bertz CT molecular complexity index is 283. The highest BCUT2D eigenvalue weighted by Crippen LogP contribution is 2.07.